The van der Waals surface area contributed by atoms with Gasteiger partial charge in [-0.05, 0) is 34.1 Å². The number of rotatable bonds is 4. The van der Waals surface area contributed by atoms with Gasteiger partial charge in [0.2, 0.25) is 5.91 Å². The number of imidazole rings is 1. The highest BCUT2D eigenvalue weighted by atomic mass is 79.9. The molecule has 0 atom stereocenters. The van der Waals surface area contributed by atoms with Crippen LogP contribution in [0.5, 0.6) is 0 Å². The number of aromatic nitrogens is 2. The molecule has 1 aromatic heterocycles. The maximum Gasteiger partial charge on any atom is 0.227 e. The topological polar surface area (TPSA) is 49.0 Å². The van der Waals surface area contributed by atoms with Crippen molar-refractivity contribution in [2.45, 2.75) is 19.9 Å². The molecule has 0 aliphatic carbocycles. The molecular weight excluding hydrogens is 330 g/mol. The second-order valence-electron chi connectivity index (χ2n) is 3.97. The molecule has 100 valence electrons. The van der Waals surface area contributed by atoms with Crippen molar-refractivity contribution in [3.63, 3.8) is 0 Å². The number of carbonyl (C=O) groups is 1. The van der Waals surface area contributed by atoms with Crippen molar-refractivity contribution in [2.75, 3.05) is 4.90 Å². The minimum atomic E-state index is 0.0230. The average molecular weight is 343 g/mol. The van der Waals surface area contributed by atoms with E-state index in [2.05, 4.69) is 25.9 Å². The molecule has 0 saturated carbocycles. The van der Waals surface area contributed by atoms with E-state index >= 15 is 0 Å². The van der Waals surface area contributed by atoms with Crippen molar-refractivity contribution in [3.05, 3.63) is 45.9 Å². The SMILES string of the molecule is CCC(=O)N(Cc1ncc[nH]1)c1ccc(Br)c(Cl)c1. The first kappa shape index (κ1) is 14.1. The van der Waals surface area contributed by atoms with E-state index in [4.69, 9.17) is 11.6 Å². The standard InChI is InChI=1S/C13H13BrClN3O/c1-2-13(19)18(8-12-16-5-6-17-12)9-3-4-10(14)11(15)7-9/h3-7H,2,8H2,1H3,(H,16,17). The zero-order chi connectivity index (χ0) is 13.8. The van der Waals surface area contributed by atoms with E-state index < -0.39 is 0 Å². The van der Waals surface area contributed by atoms with E-state index in [1.165, 1.54) is 0 Å². The smallest absolute Gasteiger partial charge is 0.227 e. The summed E-state index contributed by atoms with van der Waals surface area (Å²) in [6.07, 6.45) is 3.82. The fraction of sp³-hybridized carbons (Fsp3) is 0.231. The molecular formula is C13H13BrClN3O. The summed E-state index contributed by atoms with van der Waals surface area (Å²) in [6, 6.07) is 5.45. The van der Waals surface area contributed by atoms with E-state index in [-0.39, 0.29) is 5.91 Å². The molecule has 2 aromatic rings. The molecule has 0 bridgehead atoms. The number of aromatic amines is 1. The fourth-order valence-corrected chi connectivity index (χ4v) is 2.12. The number of halogens is 2. The van der Waals surface area contributed by atoms with Gasteiger partial charge in [0.1, 0.15) is 5.82 Å². The van der Waals surface area contributed by atoms with E-state index in [0.717, 1.165) is 16.0 Å². The molecule has 0 saturated heterocycles. The van der Waals surface area contributed by atoms with Crippen molar-refractivity contribution < 1.29 is 4.79 Å². The first-order chi connectivity index (χ1) is 9.11. The molecule has 4 nitrogen and oxygen atoms in total. The molecule has 1 N–H and O–H groups in total. The highest BCUT2D eigenvalue weighted by Gasteiger charge is 2.16. The van der Waals surface area contributed by atoms with E-state index in [0.29, 0.717) is 18.0 Å². The number of anilines is 1. The van der Waals surface area contributed by atoms with Crippen LogP contribution in [0, 0.1) is 0 Å². The van der Waals surface area contributed by atoms with Gasteiger partial charge in [-0.3, -0.25) is 4.79 Å². The molecule has 1 heterocycles. The average Bonchev–Trinajstić information content (AvgIpc) is 2.91. The Balaban J connectivity index is 2.31. The van der Waals surface area contributed by atoms with Crippen LogP contribution in [-0.2, 0) is 11.3 Å². The maximum absolute atomic E-state index is 12.1. The van der Waals surface area contributed by atoms with Gasteiger partial charge in [0.25, 0.3) is 0 Å². The quantitative estimate of drug-likeness (QED) is 0.919. The minimum absolute atomic E-state index is 0.0230. The normalized spacial score (nSPS) is 10.5. The second kappa shape index (κ2) is 6.21. The number of nitrogens with one attached hydrogen (secondary N) is 1. The van der Waals surface area contributed by atoms with Crippen LogP contribution < -0.4 is 4.90 Å². The lowest BCUT2D eigenvalue weighted by atomic mass is 10.2. The van der Waals surface area contributed by atoms with Crippen molar-refractivity contribution >= 4 is 39.1 Å². The fourth-order valence-electron chi connectivity index (χ4n) is 1.70. The summed E-state index contributed by atoms with van der Waals surface area (Å²) in [7, 11) is 0. The maximum atomic E-state index is 12.1. The van der Waals surface area contributed by atoms with Crippen LogP contribution in [0.2, 0.25) is 5.02 Å². The van der Waals surface area contributed by atoms with Gasteiger partial charge in [-0.1, -0.05) is 18.5 Å². The summed E-state index contributed by atoms with van der Waals surface area (Å²) in [5.74, 6) is 0.760. The highest BCUT2D eigenvalue weighted by molar-refractivity contribution is 9.10. The molecule has 1 amide bonds. The van der Waals surface area contributed by atoms with Gasteiger partial charge in [0.15, 0.2) is 0 Å². The van der Waals surface area contributed by atoms with Crippen LogP contribution in [-0.4, -0.2) is 15.9 Å². The Kier molecular flexibility index (Phi) is 4.61. The Morgan fingerprint density at radius 2 is 2.32 bits per heavy atom. The van der Waals surface area contributed by atoms with Crippen LogP contribution >= 0.6 is 27.5 Å². The number of nitrogens with zero attached hydrogens (tertiary/aromatic N) is 2. The number of benzene rings is 1. The lowest BCUT2D eigenvalue weighted by molar-refractivity contribution is -0.118. The predicted molar refractivity (Wildman–Crippen MR) is 79.2 cm³/mol. The van der Waals surface area contributed by atoms with Gasteiger partial charge in [-0.15, -0.1) is 0 Å². The summed E-state index contributed by atoms with van der Waals surface area (Å²) < 4.78 is 0.805. The monoisotopic (exact) mass is 341 g/mol. The summed E-state index contributed by atoms with van der Waals surface area (Å²) in [5, 5.41) is 0.575. The number of hydrogen-bond acceptors (Lipinski definition) is 2. The van der Waals surface area contributed by atoms with Gasteiger partial charge in [0.05, 0.1) is 11.6 Å². The summed E-state index contributed by atoms with van der Waals surface area (Å²) in [6.45, 7) is 2.23. The van der Waals surface area contributed by atoms with Crippen LogP contribution in [0.1, 0.15) is 19.2 Å². The molecule has 0 aliphatic heterocycles. The molecule has 0 unspecified atom stereocenters. The summed E-state index contributed by atoms with van der Waals surface area (Å²) in [5.41, 5.74) is 0.761. The first-order valence-corrected chi connectivity index (χ1v) is 7.02. The molecule has 0 spiro atoms. The Morgan fingerprint density at radius 3 is 2.89 bits per heavy atom. The summed E-state index contributed by atoms with van der Waals surface area (Å²) >= 11 is 9.42. The lowest BCUT2D eigenvalue weighted by Crippen LogP contribution is -2.30. The van der Waals surface area contributed by atoms with Gasteiger partial charge in [-0.2, -0.15) is 0 Å². The number of hydrogen-bond donors (Lipinski definition) is 1. The third kappa shape index (κ3) is 3.36. The second-order valence-corrected chi connectivity index (χ2v) is 5.23. The van der Waals surface area contributed by atoms with E-state index in [1.807, 2.05) is 19.1 Å². The molecule has 0 aliphatic rings. The van der Waals surface area contributed by atoms with Gasteiger partial charge < -0.3 is 9.88 Å². The highest BCUT2D eigenvalue weighted by Crippen LogP contribution is 2.28. The van der Waals surface area contributed by atoms with Crippen molar-refractivity contribution in [3.8, 4) is 0 Å². The molecule has 6 heteroatoms. The van der Waals surface area contributed by atoms with Crippen molar-refractivity contribution in [2.24, 2.45) is 0 Å². The van der Waals surface area contributed by atoms with Crippen LogP contribution in [0.25, 0.3) is 0 Å². The largest absolute Gasteiger partial charge is 0.347 e. The zero-order valence-corrected chi connectivity index (χ0v) is 12.7. The lowest BCUT2D eigenvalue weighted by Gasteiger charge is -2.21. The van der Waals surface area contributed by atoms with Crippen LogP contribution in [0.15, 0.2) is 35.1 Å². The zero-order valence-electron chi connectivity index (χ0n) is 10.4. The molecule has 0 radical (unpaired) electrons. The summed E-state index contributed by atoms with van der Waals surface area (Å²) in [4.78, 5) is 20.9. The van der Waals surface area contributed by atoms with Gasteiger partial charge in [-0.25, -0.2) is 4.98 Å². The van der Waals surface area contributed by atoms with E-state index in [9.17, 15) is 4.79 Å². The van der Waals surface area contributed by atoms with Gasteiger partial charge in [0, 0.05) is 29.0 Å². The third-order valence-electron chi connectivity index (χ3n) is 2.68. The Hall–Kier alpha value is -1.33. The van der Waals surface area contributed by atoms with Crippen molar-refractivity contribution in [1.29, 1.82) is 0 Å². The number of H-pyrrole nitrogens is 1. The first-order valence-electron chi connectivity index (χ1n) is 5.85. The Labute approximate surface area is 124 Å². The molecule has 1 aromatic carbocycles. The predicted octanol–water partition coefficient (Wildman–Crippen LogP) is 3.77. The van der Waals surface area contributed by atoms with E-state index in [1.54, 1.807) is 23.4 Å². The molecule has 2 rings (SSSR count). The molecule has 0 fully saturated rings. The van der Waals surface area contributed by atoms with Crippen LogP contribution in [0.3, 0.4) is 0 Å². The molecule has 19 heavy (non-hydrogen) atoms. The Bertz CT molecular complexity index is 571. The number of amides is 1. The van der Waals surface area contributed by atoms with Crippen LogP contribution in [0.4, 0.5) is 5.69 Å². The Morgan fingerprint density at radius 1 is 1.53 bits per heavy atom. The number of carbonyl (C=O) groups excluding carboxylic acids is 1. The minimum Gasteiger partial charge on any atom is -0.347 e. The van der Waals surface area contributed by atoms with Crippen molar-refractivity contribution in [1.82, 2.24) is 9.97 Å². The third-order valence-corrected chi connectivity index (χ3v) is 3.91. The van der Waals surface area contributed by atoms with Gasteiger partial charge >= 0.3 is 0 Å².